The SMILES string of the molecule is CC[C@@H](C)NC(=O)[C@@H](C)N(Cc1c(Cl)cccc1Cl)C(=O)CCCN(C)S(=O)(=O)c1ccccc1. The molecule has 2 amide bonds. The van der Waals surface area contributed by atoms with Crippen molar-refractivity contribution in [2.75, 3.05) is 13.6 Å². The fourth-order valence-corrected chi connectivity index (χ4v) is 5.14. The van der Waals surface area contributed by atoms with Gasteiger partial charge in [-0.05, 0) is 51.0 Å². The van der Waals surface area contributed by atoms with E-state index < -0.39 is 16.1 Å². The summed E-state index contributed by atoms with van der Waals surface area (Å²) in [5.74, 6) is -0.571. The van der Waals surface area contributed by atoms with Gasteiger partial charge < -0.3 is 10.2 Å². The Kier molecular flexibility index (Phi) is 11.0. The highest BCUT2D eigenvalue weighted by Gasteiger charge is 2.28. The fourth-order valence-electron chi connectivity index (χ4n) is 3.39. The lowest BCUT2D eigenvalue weighted by atomic mass is 10.1. The molecule has 0 unspecified atom stereocenters. The molecule has 0 bridgehead atoms. The van der Waals surface area contributed by atoms with Crippen LogP contribution in [0.4, 0.5) is 0 Å². The third-order valence-corrected chi connectivity index (χ3v) is 8.45. The van der Waals surface area contributed by atoms with Gasteiger partial charge in [-0.1, -0.05) is 54.4 Å². The second-order valence-electron chi connectivity index (χ2n) is 8.46. The first-order chi connectivity index (χ1) is 16.5. The van der Waals surface area contributed by atoms with Crippen LogP contribution >= 0.6 is 23.2 Å². The molecule has 1 N–H and O–H groups in total. The van der Waals surface area contributed by atoms with Crippen LogP contribution in [0, 0.1) is 0 Å². The van der Waals surface area contributed by atoms with Crippen molar-refractivity contribution >= 4 is 45.0 Å². The summed E-state index contributed by atoms with van der Waals surface area (Å²) in [5.41, 5.74) is 0.552. The topological polar surface area (TPSA) is 86.8 Å². The maximum atomic E-state index is 13.3. The molecule has 0 heterocycles. The Balaban J connectivity index is 2.14. The molecule has 0 aliphatic rings. The van der Waals surface area contributed by atoms with Crippen LogP contribution in [0.25, 0.3) is 0 Å². The zero-order chi connectivity index (χ0) is 26.2. The standard InChI is InChI=1S/C25H33Cl2N3O4S/c1-5-18(2)28-25(32)19(3)30(17-21-22(26)13-9-14-23(21)27)24(31)15-10-16-29(4)35(33,34)20-11-7-6-8-12-20/h6-9,11-14,18-19H,5,10,15-17H2,1-4H3,(H,28,32)/t18-,19-/m1/s1. The summed E-state index contributed by atoms with van der Waals surface area (Å²) in [5, 5.41) is 3.71. The third kappa shape index (κ3) is 7.93. The summed E-state index contributed by atoms with van der Waals surface area (Å²) in [6, 6.07) is 12.4. The second-order valence-corrected chi connectivity index (χ2v) is 11.3. The van der Waals surface area contributed by atoms with Gasteiger partial charge in [0.1, 0.15) is 6.04 Å². The van der Waals surface area contributed by atoms with Crippen LogP contribution in [0.5, 0.6) is 0 Å². The molecule has 0 saturated carbocycles. The average Bonchev–Trinajstić information content (AvgIpc) is 2.83. The Morgan fingerprint density at radius 2 is 1.60 bits per heavy atom. The number of sulfonamides is 1. The highest BCUT2D eigenvalue weighted by atomic mass is 35.5. The molecule has 0 aromatic heterocycles. The van der Waals surface area contributed by atoms with Crippen LogP contribution in [0.2, 0.25) is 10.0 Å². The molecule has 2 atom stereocenters. The third-order valence-electron chi connectivity index (χ3n) is 5.87. The Hall–Kier alpha value is -2.13. The number of nitrogens with one attached hydrogen (secondary N) is 1. The lowest BCUT2D eigenvalue weighted by Crippen LogP contribution is -2.49. The number of hydrogen-bond acceptors (Lipinski definition) is 4. The first-order valence-electron chi connectivity index (χ1n) is 11.5. The van der Waals surface area contributed by atoms with Crippen LogP contribution in [-0.2, 0) is 26.2 Å². The van der Waals surface area contributed by atoms with Crippen molar-refractivity contribution in [1.82, 2.24) is 14.5 Å². The molecule has 7 nitrogen and oxygen atoms in total. The summed E-state index contributed by atoms with van der Waals surface area (Å²) < 4.78 is 26.7. The Labute approximate surface area is 218 Å². The molecule has 0 aliphatic carbocycles. The van der Waals surface area contributed by atoms with E-state index >= 15 is 0 Å². The van der Waals surface area contributed by atoms with Gasteiger partial charge in [-0.3, -0.25) is 9.59 Å². The molecule has 0 fully saturated rings. The van der Waals surface area contributed by atoms with Crippen LogP contribution in [0.15, 0.2) is 53.4 Å². The second kappa shape index (κ2) is 13.3. The molecule has 35 heavy (non-hydrogen) atoms. The van der Waals surface area contributed by atoms with Crippen LogP contribution in [0.1, 0.15) is 45.6 Å². The molecule has 2 rings (SSSR count). The van der Waals surface area contributed by atoms with E-state index in [-0.39, 0.29) is 48.7 Å². The van der Waals surface area contributed by atoms with E-state index in [1.165, 1.54) is 28.4 Å². The largest absolute Gasteiger partial charge is 0.352 e. The number of carbonyl (C=O) groups is 2. The summed E-state index contributed by atoms with van der Waals surface area (Å²) >= 11 is 12.7. The average molecular weight is 543 g/mol. The van der Waals surface area contributed by atoms with Gasteiger partial charge in [0.05, 0.1) is 4.90 Å². The van der Waals surface area contributed by atoms with Crippen LogP contribution in [0.3, 0.4) is 0 Å². The van der Waals surface area contributed by atoms with E-state index in [1.54, 1.807) is 43.3 Å². The number of halogens is 2. The van der Waals surface area contributed by atoms with Crippen molar-refractivity contribution in [2.24, 2.45) is 0 Å². The van der Waals surface area contributed by atoms with E-state index in [2.05, 4.69) is 5.32 Å². The Bertz CT molecular complexity index is 1090. The van der Waals surface area contributed by atoms with Gasteiger partial charge in [0.15, 0.2) is 0 Å². The number of carbonyl (C=O) groups excluding carboxylic acids is 2. The number of nitrogens with zero attached hydrogens (tertiary/aromatic N) is 2. The summed E-state index contributed by atoms with van der Waals surface area (Å²) in [6.07, 6.45) is 1.09. The van der Waals surface area contributed by atoms with Crippen molar-refractivity contribution in [3.8, 4) is 0 Å². The summed E-state index contributed by atoms with van der Waals surface area (Å²) in [7, 11) is -2.17. The van der Waals surface area contributed by atoms with Gasteiger partial charge in [0.25, 0.3) is 0 Å². The van der Waals surface area contributed by atoms with Crippen molar-refractivity contribution < 1.29 is 18.0 Å². The highest BCUT2D eigenvalue weighted by molar-refractivity contribution is 7.89. The van der Waals surface area contributed by atoms with Gasteiger partial charge in [-0.2, -0.15) is 0 Å². The first-order valence-corrected chi connectivity index (χ1v) is 13.7. The minimum absolute atomic E-state index is 0.0392. The van der Waals surface area contributed by atoms with E-state index in [9.17, 15) is 18.0 Å². The summed E-state index contributed by atoms with van der Waals surface area (Å²) in [6.45, 7) is 5.72. The van der Waals surface area contributed by atoms with Gasteiger partial charge >= 0.3 is 0 Å². The Morgan fingerprint density at radius 1 is 1.00 bits per heavy atom. The molecule has 192 valence electrons. The van der Waals surface area contributed by atoms with E-state index in [4.69, 9.17) is 23.2 Å². The molecule has 0 radical (unpaired) electrons. The molecular formula is C25H33Cl2N3O4S. The van der Waals surface area contributed by atoms with Gasteiger partial charge in [0, 0.05) is 48.2 Å². The van der Waals surface area contributed by atoms with E-state index in [1.807, 2.05) is 13.8 Å². The van der Waals surface area contributed by atoms with Crippen molar-refractivity contribution in [2.45, 2.75) is 63.6 Å². The Morgan fingerprint density at radius 3 is 2.17 bits per heavy atom. The van der Waals surface area contributed by atoms with Crippen molar-refractivity contribution in [3.05, 3.63) is 64.1 Å². The van der Waals surface area contributed by atoms with Gasteiger partial charge in [-0.15, -0.1) is 0 Å². The molecule has 0 aliphatic heterocycles. The minimum atomic E-state index is -3.65. The number of amides is 2. The van der Waals surface area contributed by atoms with Crippen LogP contribution < -0.4 is 5.32 Å². The van der Waals surface area contributed by atoms with Gasteiger partial charge in [0.2, 0.25) is 21.8 Å². The van der Waals surface area contributed by atoms with Crippen molar-refractivity contribution in [1.29, 1.82) is 0 Å². The van der Waals surface area contributed by atoms with E-state index in [0.717, 1.165) is 6.42 Å². The van der Waals surface area contributed by atoms with Crippen LogP contribution in [-0.4, -0.2) is 55.1 Å². The lowest BCUT2D eigenvalue weighted by Gasteiger charge is -2.30. The normalized spacial score (nSPS) is 13.3. The summed E-state index contributed by atoms with van der Waals surface area (Å²) in [4.78, 5) is 27.7. The number of rotatable bonds is 12. The zero-order valence-electron chi connectivity index (χ0n) is 20.5. The quantitative estimate of drug-likeness (QED) is 0.420. The molecule has 10 heteroatoms. The molecule has 2 aromatic rings. The van der Waals surface area contributed by atoms with Crippen molar-refractivity contribution in [3.63, 3.8) is 0 Å². The zero-order valence-corrected chi connectivity index (χ0v) is 22.8. The van der Waals surface area contributed by atoms with E-state index in [0.29, 0.717) is 15.6 Å². The predicted octanol–water partition coefficient (Wildman–Crippen LogP) is 4.73. The minimum Gasteiger partial charge on any atom is -0.352 e. The highest BCUT2D eigenvalue weighted by Crippen LogP contribution is 2.27. The maximum Gasteiger partial charge on any atom is 0.242 e. The number of hydrogen-bond donors (Lipinski definition) is 1. The molecular weight excluding hydrogens is 509 g/mol. The molecule has 2 aromatic carbocycles. The number of benzene rings is 2. The first kappa shape index (κ1) is 29.1. The molecule has 0 spiro atoms. The predicted molar refractivity (Wildman–Crippen MR) is 140 cm³/mol. The molecule has 0 saturated heterocycles. The fraction of sp³-hybridized carbons (Fsp3) is 0.440. The van der Waals surface area contributed by atoms with Gasteiger partial charge in [-0.25, -0.2) is 12.7 Å². The monoisotopic (exact) mass is 541 g/mol. The maximum absolute atomic E-state index is 13.3. The smallest absolute Gasteiger partial charge is 0.242 e. The lowest BCUT2D eigenvalue weighted by molar-refractivity contribution is -0.141.